The molecule has 0 unspecified atom stereocenters. The lowest BCUT2D eigenvalue weighted by atomic mass is 9.84. The van der Waals surface area contributed by atoms with Gasteiger partial charge >= 0.3 is 6.18 Å². The van der Waals surface area contributed by atoms with Crippen molar-refractivity contribution in [1.82, 2.24) is 20.2 Å². The summed E-state index contributed by atoms with van der Waals surface area (Å²) in [5.41, 5.74) is -0.536. The van der Waals surface area contributed by atoms with E-state index < -0.39 is 29.6 Å². The third-order valence-corrected chi connectivity index (χ3v) is 4.66. The van der Waals surface area contributed by atoms with E-state index in [-0.39, 0.29) is 5.56 Å². The van der Waals surface area contributed by atoms with Crippen LogP contribution in [0.2, 0.25) is 0 Å². The van der Waals surface area contributed by atoms with Crippen LogP contribution in [-0.4, -0.2) is 32.2 Å². The number of aromatic nitrogens is 4. The number of ketones is 1. The molecule has 0 radical (unpaired) electrons. The zero-order valence-corrected chi connectivity index (χ0v) is 16.0. The summed E-state index contributed by atoms with van der Waals surface area (Å²) in [6, 6.07) is 10.2. The van der Waals surface area contributed by atoms with Gasteiger partial charge in [-0.3, -0.25) is 4.79 Å². The number of hydrogen-bond acceptors (Lipinski definition) is 4. The summed E-state index contributed by atoms with van der Waals surface area (Å²) < 4.78 is 54.3. The van der Waals surface area contributed by atoms with E-state index in [4.69, 9.17) is 0 Å². The molecule has 0 aliphatic carbocycles. The van der Waals surface area contributed by atoms with E-state index in [1.807, 2.05) is 0 Å². The number of benzene rings is 2. The molecule has 0 fully saturated rings. The van der Waals surface area contributed by atoms with Gasteiger partial charge < -0.3 is 0 Å². The Morgan fingerprint density at radius 1 is 1.03 bits per heavy atom. The van der Waals surface area contributed by atoms with Crippen LogP contribution in [0.1, 0.15) is 36.5 Å². The lowest BCUT2D eigenvalue weighted by molar-refractivity contribution is -0.209. The van der Waals surface area contributed by atoms with Crippen molar-refractivity contribution in [1.29, 1.82) is 0 Å². The van der Waals surface area contributed by atoms with Crippen LogP contribution in [0.4, 0.5) is 17.6 Å². The Morgan fingerprint density at radius 2 is 1.69 bits per heavy atom. The molecule has 2 aromatic carbocycles. The number of hydrogen-bond donors (Lipinski definition) is 0. The van der Waals surface area contributed by atoms with Crippen LogP contribution in [0.3, 0.4) is 0 Å². The van der Waals surface area contributed by atoms with Crippen molar-refractivity contribution in [3.05, 3.63) is 59.7 Å². The molecule has 3 aromatic rings. The van der Waals surface area contributed by atoms with Gasteiger partial charge in [-0.25, -0.2) is 4.39 Å². The monoisotopic (exact) mass is 406 g/mol. The largest absolute Gasteiger partial charge is 0.394 e. The highest BCUT2D eigenvalue weighted by molar-refractivity contribution is 5.98. The van der Waals surface area contributed by atoms with Crippen LogP contribution in [0.25, 0.3) is 16.8 Å². The van der Waals surface area contributed by atoms with Crippen LogP contribution < -0.4 is 0 Å². The third kappa shape index (κ3) is 4.33. The zero-order valence-electron chi connectivity index (χ0n) is 16.0. The molecule has 0 spiro atoms. The summed E-state index contributed by atoms with van der Waals surface area (Å²) in [4.78, 5) is 12.7. The van der Waals surface area contributed by atoms with Gasteiger partial charge in [0.2, 0.25) is 0 Å². The standard InChI is InChI=1S/C20H18F4N4O/c1-12-25-26-27-28(12)17-9-14(13-4-6-16(21)7-5-13)8-15(10-17)18(29)11-19(2,3)20(22,23)24/h4-10H,11H2,1-3H3. The van der Waals surface area contributed by atoms with Gasteiger partial charge in [-0.2, -0.15) is 17.9 Å². The van der Waals surface area contributed by atoms with E-state index in [0.717, 1.165) is 13.8 Å². The summed E-state index contributed by atoms with van der Waals surface area (Å²) in [5, 5.41) is 11.2. The second kappa shape index (κ2) is 7.38. The zero-order chi connectivity index (χ0) is 21.4. The SMILES string of the molecule is Cc1nnnn1-c1cc(C(=O)CC(C)(C)C(F)(F)F)cc(-c2ccc(F)cc2)c1. The van der Waals surface area contributed by atoms with E-state index in [2.05, 4.69) is 15.5 Å². The average molecular weight is 406 g/mol. The number of tetrazole rings is 1. The lowest BCUT2D eigenvalue weighted by Gasteiger charge is -2.27. The van der Waals surface area contributed by atoms with Gasteiger partial charge in [-0.1, -0.05) is 26.0 Å². The minimum atomic E-state index is -4.52. The van der Waals surface area contributed by atoms with Crippen LogP contribution in [0.15, 0.2) is 42.5 Å². The molecule has 0 amide bonds. The molecule has 0 aliphatic rings. The third-order valence-electron chi connectivity index (χ3n) is 4.66. The maximum absolute atomic E-state index is 13.3. The van der Waals surface area contributed by atoms with E-state index >= 15 is 0 Å². The summed E-state index contributed by atoms with van der Waals surface area (Å²) >= 11 is 0. The number of alkyl halides is 3. The van der Waals surface area contributed by atoms with E-state index in [1.54, 1.807) is 13.0 Å². The molecule has 0 atom stereocenters. The minimum Gasteiger partial charge on any atom is -0.294 e. The van der Waals surface area contributed by atoms with E-state index in [9.17, 15) is 22.4 Å². The van der Waals surface area contributed by atoms with Crippen molar-refractivity contribution >= 4 is 5.78 Å². The van der Waals surface area contributed by atoms with Crippen LogP contribution >= 0.6 is 0 Å². The Morgan fingerprint density at radius 3 is 2.24 bits per heavy atom. The molecule has 1 aromatic heterocycles. The molecule has 0 N–H and O–H groups in total. The fourth-order valence-electron chi connectivity index (χ4n) is 2.78. The maximum atomic E-state index is 13.3. The first-order valence-corrected chi connectivity index (χ1v) is 8.74. The topological polar surface area (TPSA) is 60.7 Å². The molecular formula is C20H18F4N4O. The predicted molar refractivity (Wildman–Crippen MR) is 98.1 cm³/mol. The smallest absolute Gasteiger partial charge is 0.294 e. The Bertz CT molecular complexity index is 1040. The quantitative estimate of drug-likeness (QED) is 0.445. The molecule has 0 aliphatic heterocycles. The Labute approximate surface area is 164 Å². The molecule has 5 nitrogen and oxygen atoms in total. The van der Waals surface area contributed by atoms with Crippen LogP contribution in [0.5, 0.6) is 0 Å². The van der Waals surface area contributed by atoms with Crippen molar-refractivity contribution in [3.63, 3.8) is 0 Å². The molecule has 29 heavy (non-hydrogen) atoms. The van der Waals surface area contributed by atoms with Gasteiger partial charge in [-0.05, 0) is 58.8 Å². The first kappa shape index (κ1) is 20.6. The highest BCUT2D eigenvalue weighted by Gasteiger charge is 2.48. The molecular weight excluding hydrogens is 388 g/mol. The van der Waals surface area contributed by atoms with E-state index in [0.29, 0.717) is 22.6 Å². The van der Waals surface area contributed by atoms with Crippen LogP contribution in [0, 0.1) is 18.2 Å². The maximum Gasteiger partial charge on any atom is 0.394 e. The second-order valence-electron chi connectivity index (χ2n) is 7.39. The van der Waals surface area contributed by atoms with Gasteiger partial charge in [0.1, 0.15) is 5.82 Å². The number of aryl methyl sites for hydroxylation is 1. The Balaban J connectivity index is 2.09. The number of carbonyl (C=O) groups is 1. The first-order valence-electron chi connectivity index (χ1n) is 8.74. The number of nitrogens with zero attached hydrogens (tertiary/aromatic N) is 4. The van der Waals surface area contributed by atoms with E-state index in [1.165, 1.54) is 41.1 Å². The predicted octanol–water partition coefficient (Wildman–Crippen LogP) is 4.94. The number of carbonyl (C=O) groups excluding carboxylic acids is 1. The molecule has 152 valence electrons. The van der Waals surface area contributed by atoms with Crippen molar-refractivity contribution in [2.45, 2.75) is 33.4 Å². The fourth-order valence-corrected chi connectivity index (χ4v) is 2.78. The highest BCUT2D eigenvalue weighted by Crippen LogP contribution is 2.41. The fraction of sp³-hybridized carbons (Fsp3) is 0.300. The molecule has 9 heteroatoms. The van der Waals surface area contributed by atoms with Crippen molar-refractivity contribution < 1.29 is 22.4 Å². The summed E-state index contributed by atoms with van der Waals surface area (Å²) in [5.74, 6) is -0.650. The molecule has 0 bridgehead atoms. The number of halogens is 4. The number of rotatable bonds is 5. The Kier molecular flexibility index (Phi) is 5.25. The highest BCUT2D eigenvalue weighted by atomic mass is 19.4. The first-order chi connectivity index (χ1) is 13.5. The lowest BCUT2D eigenvalue weighted by Crippen LogP contribution is -2.34. The van der Waals surface area contributed by atoms with Crippen molar-refractivity contribution in [2.24, 2.45) is 5.41 Å². The van der Waals surface area contributed by atoms with Gasteiger partial charge in [0.25, 0.3) is 0 Å². The molecule has 1 heterocycles. The average Bonchev–Trinajstić information content (AvgIpc) is 3.06. The summed E-state index contributed by atoms with van der Waals surface area (Å²) in [6.45, 7) is 3.63. The van der Waals surface area contributed by atoms with Gasteiger partial charge in [0.05, 0.1) is 11.1 Å². The van der Waals surface area contributed by atoms with Crippen LogP contribution in [-0.2, 0) is 0 Å². The normalized spacial score (nSPS) is 12.2. The number of Topliss-reactive ketones (excluding diaryl/α,β-unsaturated/α-hetero) is 1. The van der Waals surface area contributed by atoms with Crippen molar-refractivity contribution in [3.8, 4) is 16.8 Å². The molecule has 0 saturated carbocycles. The summed E-state index contributed by atoms with van der Waals surface area (Å²) in [6.07, 6.45) is -5.23. The van der Waals surface area contributed by atoms with Gasteiger partial charge in [0, 0.05) is 12.0 Å². The Hall–Kier alpha value is -3.10. The van der Waals surface area contributed by atoms with Crippen molar-refractivity contribution in [2.75, 3.05) is 0 Å². The molecule has 3 rings (SSSR count). The minimum absolute atomic E-state index is 0.0917. The van der Waals surface area contributed by atoms with Gasteiger partial charge in [0.15, 0.2) is 11.6 Å². The molecule has 0 saturated heterocycles. The summed E-state index contributed by atoms with van der Waals surface area (Å²) in [7, 11) is 0. The van der Waals surface area contributed by atoms with Gasteiger partial charge in [-0.15, -0.1) is 5.10 Å². The second-order valence-corrected chi connectivity index (χ2v) is 7.39.